The summed E-state index contributed by atoms with van der Waals surface area (Å²) in [5, 5.41) is 0. The van der Waals surface area contributed by atoms with Gasteiger partial charge in [0.05, 0.1) is 0 Å². The maximum absolute atomic E-state index is 12.8. The van der Waals surface area contributed by atoms with Gasteiger partial charge in [0, 0.05) is 0 Å². The lowest BCUT2D eigenvalue weighted by Gasteiger charge is -2.11. The Kier molecular flexibility index (Phi) is 3.47. The van der Waals surface area contributed by atoms with Crippen molar-refractivity contribution >= 4 is 10.2 Å². The first-order valence-corrected chi connectivity index (χ1v) is 5.61. The van der Waals surface area contributed by atoms with Gasteiger partial charge in [-0.2, -0.15) is 17.2 Å². The molecule has 1 rings (SSSR count). The summed E-state index contributed by atoms with van der Waals surface area (Å²) < 4.78 is 62.4. The van der Waals surface area contributed by atoms with Crippen LogP contribution < -0.4 is 4.74 Å². The average Bonchev–Trinajstić information content (AvgIpc) is 2.06. The van der Waals surface area contributed by atoms with E-state index in [9.17, 15) is 21.1 Å². The van der Waals surface area contributed by atoms with E-state index >= 15 is 0 Å². The Balaban J connectivity index is 3.45. The molecule has 0 amide bonds. The van der Waals surface area contributed by atoms with Gasteiger partial charge in [-0.25, -0.2) is 0 Å². The molecule has 1 aromatic carbocycles. The van der Waals surface area contributed by atoms with Crippen LogP contribution >= 0.6 is 0 Å². The largest absolute Gasteiger partial charge is 0.433 e. The molecule has 0 N–H and O–H groups in total. The number of halogens is 3. The minimum Gasteiger partial charge on any atom is -0.433 e. The fourth-order valence-corrected chi connectivity index (χ4v) is 2.09. The van der Waals surface area contributed by atoms with Gasteiger partial charge in [-0.15, -0.1) is 3.89 Å². The molecule has 0 aliphatic carbocycles. The summed E-state index contributed by atoms with van der Waals surface area (Å²) in [5.41, 5.74) is 0.576. The van der Waals surface area contributed by atoms with Crippen LogP contribution in [0.2, 0.25) is 0 Å². The third kappa shape index (κ3) is 2.88. The van der Waals surface area contributed by atoms with E-state index in [2.05, 4.69) is 4.74 Å². The molecule has 0 aliphatic rings. The van der Waals surface area contributed by atoms with Crippen LogP contribution in [-0.2, 0) is 10.2 Å². The van der Waals surface area contributed by atoms with Crippen molar-refractivity contribution in [3.05, 3.63) is 23.3 Å². The molecule has 0 saturated heterocycles. The van der Waals surface area contributed by atoms with E-state index in [0.29, 0.717) is 5.56 Å². The average molecular weight is 254 g/mol. The summed E-state index contributed by atoms with van der Waals surface area (Å²) in [6.45, 7) is -0.324. The van der Waals surface area contributed by atoms with Crippen molar-refractivity contribution in [3.63, 3.8) is 0 Å². The van der Waals surface area contributed by atoms with E-state index in [1.165, 1.54) is 19.9 Å². The van der Waals surface area contributed by atoms with Crippen LogP contribution in [0.3, 0.4) is 0 Å². The number of ether oxygens (including phenoxy) is 1. The number of aryl methyl sites for hydroxylation is 2. The van der Waals surface area contributed by atoms with E-state index in [1.807, 2.05) is 0 Å². The molecule has 0 aromatic heterocycles. The molecule has 0 bridgehead atoms. The Hall–Kier alpha value is -1.24. The third-order valence-electron chi connectivity index (χ3n) is 1.85. The number of alkyl halides is 2. The molecule has 90 valence electrons. The second kappa shape index (κ2) is 4.32. The molecular formula is C9H9F3O3S. The number of hydrogen-bond acceptors (Lipinski definition) is 3. The zero-order valence-corrected chi connectivity index (χ0v) is 9.32. The molecule has 0 spiro atoms. The Morgan fingerprint density at radius 2 is 1.81 bits per heavy atom. The maximum Gasteiger partial charge on any atom is 0.387 e. The quantitative estimate of drug-likeness (QED) is 0.778. The van der Waals surface area contributed by atoms with Gasteiger partial charge in [-0.3, -0.25) is 0 Å². The van der Waals surface area contributed by atoms with Crippen molar-refractivity contribution in [2.24, 2.45) is 0 Å². The molecule has 0 aliphatic heterocycles. The standard InChI is InChI=1S/C9H9F3O3S/c1-5-3-6(2)8(15-9(10)11)7(4-5)16(12,13)14/h3-4,9H,1-2H3. The summed E-state index contributed by atoms with van der Waals surface area (Å²) >= 11 is 0. The molecule has 0 radical (unpaired) electrons. The molecule has 0 heterocycles. The van der Waals surface area contributed by atoms with Gasteiger partial charge in [0.1, 0.15) is 10.6 Å². The first kappa shape index (κ1) is 12.8. The van der Waals surface area contributed by atoms with Crippen molar-refractivity contribution in [1.29, 1.82) is 0 Å². The fraction of sp³-hybridized carbons (Fsp3) is 0.333. The minimum atomic E-state index is -5.08. The summed E-state index contributed by atoms with van der Waals surface area (Å²) in [6.07, 6.45) is 0. The van der Waals surface area contributed by atoms with Crippen molar-refractivity contribution in [2.45, 2.75) is 25.4 Å². The van der Waals surface area contributed by atoms with Gasteiger partial charge in [-0.1, -0.05) is 6.07 Å². The number of rotatable bonds is 3. The number of hydrogen-bond donors (Lipinski definition) is 0. The third-order valence-corrected chi connectivity index (χ3v) is 2.68. The van der Waals surface area contributed by atoms with Crippen LogP contribution in [0.15, 0.2) is 17.0 Å². The van der Waals surface area contributed by atoms with Crippen molar-refractivity contribution < 1.29 is 25.8 Å². The van der Waals surface area contributed by atoms with Gasteiger partial charge >= 0.3 is 16.8 Å². The predicted octanol–water partition coefficient (Wildman–Crippen LogP) is 2.56. The lowest BCUT2D eigenvalue weighted by atomic mass is 10.1. The van der Waals surface area contributed by atoms with Crippen molar-refractivity contribution in [1.82, 2.24) is 0 Å². The maximum atomic E-state index is 12.8. The van der Waals surface area contributed by atoms with E-state index in [0.717, 1.165) is 6.07 Å². The molecule has 1 aromatic rings. The summed E-state index contributed by atoms with van der Waals surface area (Å²) in [4.78, 5) is -0.870. The Bertz CT molecular complexity index is 497. The van der Waals surface area contributed by atoms with Crippen molar-refractivity contribution in [3.8, 4) is 5.75 Å². The Morgan fingerprint density at radius 3 is 2.25 bits per heavy atom. The second-order valence-electron chi connectivity index (χ2n) is 3.23. The zero-order chi connectivity index (χ0) is 12.5. The molecule has 0 fully saturated rings. The number of benzene rings is 1. The van der Waals surface area contributed by atoms with Crippen LogP contribution in [-0.4, -0.2) is 15.0 Å². The Labute approximate surface area is 91.1 Å². The van der Waals surface area contributed by atoms with Crippen LogP contribution in [0.5, 0.6) is 5.75 Å². The monoisotopic (exact) mass is 254 g/mol. The topological polar surface area (TPSA) is 43.4 Å². The van der Waals surface area contributed by atoms with E-state index in [-0.39, 0.29) is 5.56 Å². The van der Waals surface area contributed by atoms with E-state index in [4.69, 9.17) is 0 Å². The van der Waals surface area contributed by atoms with E-state index in [1.54, 1.807) is 0 Å². The lowest BCUT2D eigenvalue weighted by molar-refractivity contribution is -0.0522. The molecule has 0 unspecified atom stereocenters. The highest BCUT2D eigenvalue weighted by Crippen LogP contribution is 2.31. The Morgan fingerprint density at radius 1 is 1.25 bits per heavy atom. The highest BCUT2D eigenvalue weighted by atomic mass is 32.3. The molecule has 0 saturated carbocycles. The van der Waals surface area contributed by atoms with Crippen LogP contribution in [0, 0.1) is 13.8 Å². The van der Waals surface area contributed by atoms with E-state index < -0.39 is 27.5 Å². The van der Waals surface area contributed by atoms with Gasteiger partial charge in [-0.05, 0) is 31.0 Å². The second-order valence-corrected chi connectivity index (χ2v) is 4.54. The SMILES string of the molecule is Cc1cc(C)c(OC(F)F)c(S(=O)(=O)F)c1. The fourth-order valence-electron chi connectivity index (χ4n) is 1.34. The van der Waals surface area contributed by atoms with Crippen LogP contribution in [0.1, 0.15) is 11.1 Å². The molecule has 0 atom stereocenters. The minimum absolute atomic E-state index is 0.136. The highest BCUT2D eigenvalue weighted by Gasteiger charge is 2.23. The molecule has 3 nitrogen and oxygen atoms in total. The summed E-state index contributed by atoms with van der Waals surface area (Å²) in [6, 6.07) is 2.37. The molecular weight excluding hydrogens is 245 g/mol. The molecule has 7 heteroatoms. The van der Waals surface area contributed by atoms with Gasteiger partial charge in [0.15, 0.2) is 0 Å². The molecule has 16 heavy (non-hydrogen) atoms. The summed E-state index contributed by atoms with van der Waals surface area (Å²) in [7, 11) is -5.08. The normalized spacial score (nSPS) is 11.9. The van der Waals surface area contributed by atoms with Gasteiger partial charge in [0.25, 0.3) is 0 Å². The van der Waals surface area contributed by atoms with Crippen LogP contribution in [0.25, 0.3) is 0 Å². The summed E-state index contributed by atoms with van der Waals surface area (Å²) in [5.74, 6) is -0.650. The van der Waals surface area contributed by atoms with Crippen molar-refractivity contribution in [2.75, 3.05) is 0 Å². The van der Waals surface area contributed by atoms with Gasteiger partial charge < -0.3 is 4.74 Å². The smallest absolute Gasteiger partial charge is 0.387 e. The predicted molar refractivity (Wildman–Crippen MR) is 50.8 cm³/mol. The highest BCUT2D eigenvalue weighted by molar-refractivity contribution is 7.86. The first-order valence-electron chi connectivity index (χ1n) is 4.22. The zero-order valence-electron chi connectivity index (χ0n) is 8.50. The van der Waals surface area contributed by atoms with Crippen LogP contribution in [0.4, 0.5) is 12.7 Å². The van der Waals surface area contributed by atoms with Gasteiger partial charge in [0.2, 0.25) is 0 Å². The first-order chi connectivity index (χ1) is 7.21. The lowest BCUT2D eigenvalue weighted by Crippen LogP contribution is -2.08.